The number of aromatic nitrogens is 4. The molecule has 0 spiro atoms. The van der Waals surface area contributed by atoms with Gasteiger partial charge in [0.15, 0.2) is 5.82 Å². The Balaban J connectivity index is 2.06. The maximum atomic E-state index is 4.48. The third-order valence-corrected chi connectivity index (χ3v) is 2.41. The molecule has 1 radical (unpaired) electrons. The van der Waals surface area contributed by atoms with Crippen LogP contribution in [0.3, 0.4) is 0 Å². The van der Waals surface area contributed by atoms with E-state index in [1.54, 1.807) is 12.3 Å². The lowest BCUT2D eigenvalue weighted by molar-refractivity contribution is 1.07. The average molecular weight is 221 g/mol. The molecule has 0 fully saturated rings. The molecule has 17 heavy (non-hydrogen) atoms. The molecule has 3 aromatic rings. The molecule has 0 bridgehead atoms. The fourth-order valence-electron chi connectivity index (χ4n) is 1.59. The van der Waals surface area contributed by atoms with Crippen LogP contribution in [0.5, 0.6) is 0 Å². The molecule has 0 amide bonds. The number of hydrogen-bond donors (Lipinski definition) is 1. The first kappa shape index (κ1) is 9.72. The Hall–Kier alpha value is -2.49. The highest BCUT2D eigenvalue weighted by Crippen LogP contribution is 2.18. The zero-order valence-electron chi connectivity index (χ0n) is 8.96. The van der Waals surface area contributed by atoms with Gasteiger partial charge in [-0.2, -0.15) is 5.10 Å². The van der Waals surface area contributed by atoms with E-state index in [9.17, 15) is 0 Å². The first-order valence-electron chi connectivity index (χ1n) is 5.24. The average Bonchev–Trinajstić information content (AvgIpc) is 2.94. The van der Waals surface area contributed by atoms with Gasteiger partial charge in [-0.15, -0.1) is 0 Å². The van der Waals surface area contributed by atoms with Gasteiger partial charge in [0.2, 0.25) is 0 Å². The van der Waals surface area contributed by atoms with E-state index in [0.717, 1.165) is 17.0 Å². The van der Waals surface area contributed by atoms with Crippen LogP contribution in [0.2, 0.25) is 0 Å². The van der Waals surface area contributed by atoms with E-state index in [4.69, 9.17) is 0 Å². The van der Waals surface area contributed by atoms with E-state index < -0.39 is 0 Å². The van der Waals surface area contributed by atoms with E-state index in [1.165, 1.54) is 0 Å². The van der Waals surface area contributed by atoms with Crippen molar-refractivity contribution in [3.63, 3.8) is 0 Å². The Kier molecular flexibility index (Phi) is 2.38. The summed E-state index contributed by atoms with van der Waals surface area (Å²) in [5.41, 5.74) is 2.65. The summed E-state index contributed by atoms with van der Waals surface area (Å²) in [6.07, 6.45) is 4.46. The highest BCUT2D eigenvalue weighted by molar-refractivity contribution is 5.60. The van der Waals surface area contributed by atoms with E-state index >= 15 is 0 Å². The molecule has 4 heteroatoms. The summed E-state index contributed by atoms with van der Waals surface area (Å²) in [7, 11) is 0. The number of hydrogen-bond acceptors (Lipinski definition) is 3. The van der Waals surface area contributed by atoms with Crippen molar-refractivity contribution >= 4 is 0 Å². The van der Waals surface area contributed by atoms with E-state index in [2.05, 4.69) is 26.4 Å². The zero-order chi connectivity index (χ0) is 11.5. The van der Waals surface area contributed by atoms with Gasteiger partial charge in [0.1, 0.15) is 6.20 Å². The minimum absolute atomic E-state index is 0.706. The van der Waals surface area contributed by atoms with Crippen molar-refractivity contribution in [1.29, 1.82) is 0 Å². The Labute approximate surface area is 98.4 Å². The third-order valence-electron chi connectivity index (χ3n) is 2.41. The molecule has 2 heterocycles. The molecule has 0 saturated carbocycles. The molecule has 0 atom stereocenters. The van der Waals surface area contributed by atoms with Crippen molar-refractivity contribution in [3.05, 3.63) is 54.9 Å². The number of nitrogens with zero attached hydrogens (tertiary/aromatic N) is 3. The monoisotopic (exact) mass is 221 g/mol. The van der Waals surface area contributed by atoms with Crippen molar-refractivity contribution < 1.29 is 0 Å². The molecule has 0 aliphatic rings. The lowest BCUT2D eigenvalue weighted by Crippen LogP contribution is -1.91. The highest BCUT2D eigenvalue weighted by atomic mass is 15.1. The molecule has 3 rings (SSSR count). The van der Waals surface area contributed by atoms with Gasteiger partial charge in [-0.25, -0.2) is 9.97 Å². The molecule has 2 aromatic heterocycles. The predicted octanol–water partition coefficient (Wildman–Crippen LogP) is 2.33. The summed E-state index contributed by atoms with van der Waals surface area (Å²) in [4.78, 5) is 8.75. The van der Waals surface area contributed by atoms with Crippen LogP contribution in [0.4, 0.5) is 0 Å². The van der Waals surface area contributed by atoms with Gasteiger partial charge >= 0.3 is 0 Å². The van der Waals surface area contributed by atoms with E-state index in [0.29, 0.717) is 5.82 Å². The molecule has 0 aliphatic heterocycles. The van der Waals surface area contributed by atoms with Crippen molar-refractivity contribution in [2.75, 3.05) is 0 Å². The minimum atomic E-state index is 0.706. The summed E-state index contributed by atoms with van der Waals surface area (Å²) in [5, 5.41) is 6.63. The molecular formula is C13H9N4. The third kappa shape index (κ3) is 1.92. The van der Waals surface area contributed by atoms with Gasteiger partial charge in [-0.3, -0.25) is 5.10 Å². The van der Waals surface area contributed by atoms with Crippen LogP contribution in [0.15, 0.2) is 48.7 Å². The van der Waals surface area contributed by atoms with Gasteiger partial charge in [-0.05, 0) is 12.1 Å². The van der Waals surface area contributed by atoms with E-state index in [1.807, 2.05) is 36.4 Å². The number of aromatic amines is 1. The van der Waals surface area contributed by atoms with Crippen LogP contribution in [0.1, 0.15) is 0 Å². The number of benzene rings is 1. The van der Waals surface area contributed by atoms with Crippen LogP contribution in [-0.2, 0) is 0 Å². The summed E-state index contributed by atoms with van der Waals surface area (Å²) in [6.45, 7) is 0. The van der Waals surface area contributed by atoms with Gasteiger partial charge in [-0.1, -0.05) is 30.3 Å². The molecule has 0 unspecified atom stereocenters. The standard InChI is InChI=1S/C13H9N4/c1-2-4-10(5-3-1)13-14-8-6-11(16-13)12-7-9-15-17-12/h1-8H,(H,15,17). The Bertz CT molecular complexity index is 602. The largest absolute Gasteiger partial charge is 0.276 e. The van der Waals surface area contributed by atoms with Crippen LogP contribution in [0.25, 0.3) is 22.8 Å². The maximum absolute atomic E-state index is 4.48. The SMILES string of the molecule is [c]1cc(-c2ccnc(-c3ccccc3)n2)[nH]n1. The normalized spacial score (nSPS) is 10.4. The number of nitrogens with one attached hydrogen (secondary N) is 1. The summed E-state index contributed by atoms with van der Waals surface area (Å²) in [5.74, 6) is 0.706. The van der Waals surface area contributed by atoms with Crippen LogP contribution in [0, 0.1) is 6.20 Å². The maximum Gasteiger partial charge on any atom is 0.159 e. The Morgan fingerprint density at radius 3 is 2.71 bits per heavy atom. The first-order chi connectivity index (χ1) is 8.43. The zero-order valence-corrected chi connectivity index (χ0v) is 8.96. The molecule has 81 valence electrons. The fraction of sp³-hybridized carbons (Fsp3) is 0. The van der Waals surface area contributed by atoms with Gasteiger partial charge < -0.3 is 0 Å². The predicted molar refractivity (Wildman–Crippen MR) is 63.9 cm³/mol. The van der Waals surface area contributed by atoms with Gasteiger partial charge in [0, 0.05) is 11.8 Å². The van der Waals surface area contributed by atoms with Crippen LogP contribution >= 0.6 is 0 Å². The van der Waals surface area contributed by atoms with Gasteiger partial charge in [0.05, 0.1) is 11.4 Å². The second kappa shape index (κ2) is 4.17. The van der Waals surface area contributed by atoms with Gasteiger partial charge in [0.25, 0.3) is 0 Å². The molecule has 1 aromatic carbocycles. The van der Waals surface area contributed by atoms with Crippen LogP contribution in [-0.4, -0.2) is 20.2 Å². The minimum Gasteiger partial charge on any atom is -0.276 e. The first-order valence-corrected chi connectivity index (χ1v) is 5.24. The van der Waals surface area contributed by atoms with Crippen molar-refractivity contribution in [1.82, 2.24) is 20.2 Å². The van der Waals surface area contributed by atoms with Crippen molar-refractivity contribution in [3.8, 4) is 22.8 Å². The molecule has 4 nitrogen and oxygen atoms in total. The fourth-order valence-corrected chi connectivity index (χ4v) is 1.59. The molecule has 0 aliphatic carbocycles. The Morgan fingerprint density at radius 2 is 1.94 bits per heavy atom. The molecular weight excluding hydrogens is 212 g/mol. The van der Waals surface area contributed by atoms with E-state index in [-0.39, 0.29) is 0 Å². The molecule has 1 N–H and O–H groups in total. The Morgan fingerprint density at radius 1 is 1.06 bits per heavy atom. The van der Waals surface area contributed by atoms with Crippen molar-refractivity contribution in [2.24, 2.45) is 0 Å². The number of rotatable bonds is 2. The van der Waals surface area contributed by atoms with Crippen LogP contribution < -0.4 is 0 Å². The lowest BCUT2D eigenvalue weighted by Gasteiger charge is -2.01. The lowest BCUT2D eigenvalue weighted by atomic mass is 10.2. The summed E-state index contributed by atoms with van der Waals surface area (Å²) < 4.78 is 0. The smallest absolute Gasteiger partial charge is 0.159 e. The second-order valence-corrected chi connectivity index (χ2v) is 3.54. The topological polar surface area (TPSA) is 54.5 Å². The highest BCUT2D eigenvalue weighted by Gasteiger charge is 2.04. The van der Waals surface area contributed by atoms with Crippen molar-refractivity contribution in [2.45, 2.75) is 0 Å². The summed E-state index contributed by atoms with van der Waals surface area (Å²) >= 11 is 0. The molecule has 0 saturated heterocycles. The number of H-pyrrole nitrogens is 1. The quantitative estimate of drug-likeness (QED) is 0.722. The summed E-state index contributed by atoms with van der Waals surface area (Å²) in [6, 6.07) is 13.5. The second-order valence-electron chi connectivity index (χ2n) is 3.54.